The Morgan fingerprint density at radius 1 is 0.857 bits per heavy atom. The second-order valence-electron chi connectivity index (χ2n) is 6.78. The minimum absolute atomic E-state index is 0.398. The number of hydrogen-bond donors (Lipinski definition) is 2. The molecule has 0 saturated heterocycles. The Kier molecular flexibility index (Phi) is 5.99. The Bertz CT molecular complexity index is 957. The van der Waals surface area contributed by atoms with Gasteiger partial charge in [-0.3, -0.25) is 0 Å². The second kappa shape index (κ2) is 8.61. The van der Waals surface area contributed by atoms with Crippen LogP contribution in [0.15, 0.2) is 48.5 Å². The van der Waals surface area contributed by atoms with Crippen molar-refractivity contribution in [2.75, 3.05) is 24.9 Å². The molecule has 2 aromatic carbocycles. The van der Waals surface area contributed by atoms with E-state index in [0.29, 0.717) is 23.4 Å². The van der Waals surface area contributed by atoms with E-state index in [1.54, 1.807) is 14.2 Å². The largest absolute Gasteiger partial charge is 0.497 e. The van der Waals surface area contributed by atoms with Crippen molar-refractivity contribution < 1.29 is 9.47 Å². The summed E-state index contributed by atoms with van der Waals surface area (Å²) in [5.74, 6) is 3.03. The SMILES string of the molecule is COc1ccc(Nc2cc(C)nc(Nc3ccccc3C(C)C)n2)c(OC)c1. The van der Waals surface area contributed by atoms with Gasteiger partial charge in [0.2, 0.25) is 5.95 Å². The third-order valence-corrected chi connectivity index (χ3v) is 4.35. The summed E-state index contributed by atoms with van der Waals surface area (Å²) < 4.78 is 10.7. The lowest BCUT2D eigenvalue weighted by atomic mass is 10.0. The molecule has 0 aliphatic rings. The summed E-state index contributed by atoms with van der Waals surface area (Å²) in [6.45, 7) is 6.28. The lowest BCUT2D eigenvalue weighted by molar-refractivity contribution is 0.395. The number of hydrogen-bond acceptors (Lipinski definition) is 6. The molecule has 0 aliphatic heterocycles. The zero-order chi connectivity index (χ0) is 20.1. The molecule has 1 heterocycles. The Balaban J connectivity index is 1.89. The summed E-state index contributed by atoms with van der Waals surface area (Å²) in [7, 11) is 3.25. The highest BCUT2D eigenvalue weighted by atomic mass is 16.5. The number of benzene rings is 2. The molecule has 0 fully saturated rings. The lowest BCUT2D eigenvalue weighted by Gasteiger charge is -2.15. The minimum atomic E-state index is 0.398. The van der Waals surface area contributed by atoms with E-state index in [1.165, 1.54) is 5.56 Å². The minimum Gasteiger partial charge on any atom is -0.497 e. The van der Waals surface area contributed by atoms with Gasteiger partial charge in [0.1, 0.15) is 17.3 Å². The first kappa shape index (κ1) is 19.5. The van der Waals surface area contributed by atoms with Crippen LogP contribution in [-0.2, 0) is 0 Å². The fraction of sp³-hybridized carbons (Fsp3) is 0.273. The van der Waals surface area contributed by atoms with Gasteiger partial charge in [-0.2, -0.15) is 4.98 Å². The fourth-order valence-electron chi connectivity index (χ4n) is 2.96. The molecule has 28 heavy (non-hydrogen) atoms. The van der Waals surface area contributed by atoms with Crippen molar-refractivity contribution in [2.24, 2.45) is 0 Å². The summed E-state index contributed by atoms with van der Waals surface area (Å²) in [4.78, 5) is 9.15. The van der Waals surface area contributed by atoms with Gasteiger partial charge in [0.15, 0.2) is 0 Å². The van der Waals surface area contributed by atoms with Crippen molar-refractivity contribution in [3.05, 3.63) is 59.8 Å². The van der Waals surface area contributed by atoms with E-state index in [0.717, 1.165) is 22.8 Å². The molecular weight excluding hydrogens is 352 g/mol. The van der Waals surface area contributed by atoms with E-state index in [1.807, 2.05) is 49.4 Å². The first-order chi connectivity index (χ1) is 13.5. The number of nitrogens with zero attached hydrogens (tertiary/aromatic N) is 2. The lowest BCUT2D eigenvalue weighted by Crippen LogP contribution is -2.05. The Morgan fingerprint density at radius 2 is 1.64 bits per heavy atom. The van der Waals surface area contributed by atoms with E-state index in [2.05, 4.69) is 40.5 Å². The van der Waals surface area contributed by atoms with Crippen molar-refractivity contribution in [2.45, 2.75) is 26.7 Å². The predicted octanol–water partition coefficient (Wildman–Crippen LogP) is 5.41. The number of rotatable bonds is 7. The van der Waals surface area contributed by atoms with Crippen molar-refractivity contribution in [1.29, 1.82) is 0 Å². The molecule has 146 valence electrons. The van der Waals surface area contributed by atoms with Gasteiger partial charge in [0, 0.05) is 23.5 Å². The maximum atomic E-state index is 5.46. The molecule has 0 saturated carbocycles. The molecule has 0 unspecified atom stereocenters. The number of aromatic nitrogens is 2. The van der Waals surface area contributed by atoms with Crippen LogP contribution in [-0.4, -0.2) is 24.2 Å². The molecule has 0 bridgehead atoms. The van der Waals surface area contributed by atoms with Crippen LogP contribution in [0, 0.1) is 6.92 Å². The quantitative estimate of drug-likeness (QED) is 0.573. The molecule has 1 aromatic heterocycles. The Hall–Kier alpha value is -3.28. The normalized spacial score (nSPS) is 10.6. The van der Waals surface area contributed by atoms with E-state index in [-0.39, 0.29) is 0 Å². The molecule has 0 spiro atoms. The topological polar surface area (TPSA) is 68.3 Å². The molecule has 0 radical (unpaired) electrons. The molecule has 6 nitrogen and oxygen atoms in total. The summed E-state index contributed by atoms with van der Waals surface area (Å²) in [6.07, 6.45) is 0. The summed E-state index contributed by atoms with van der Waals surface area (Å²) in [5, 5.41) is 6.66. The number of methoxy groups -OCH3 is 2. The zero-order valence-electron chi connectivity index (χ0n) is 16.9. The zero-order valence-corrected chi connectivity index (χ0v) is 16.9. The standard InChI is InChI=1S/C22H26N4O2/c1-14(2)17-8-6-7-9-18(17)25-22-23-15(3)12-21(26-22)24-19-11-10-16(27-4)13-20(19)28-5/h6-14H,1-5H3,(H2,23,24,25,26). The number of ether oxygens (including phenoxy) is 2. The van der Waals surface area contributed by atoms with Gasteiger partial charge in [0.25, 0.3) is 0 Å². The van der Waals surface area contributed by atoms with Gasteiger partial charge in [-0.05, 0) is 36.6 Å². The highest BCUT2D eigenvalue weighted by Gasteiger charge is 2.10. The van der Waals surface area contributed by atoms with E-state index in [4.69, 9.17) is 9.47 Å². The van der Waals surface area contributed by atoms with Gasteiger partial charge < -0.3 is 20.1 Å². The van der Waals surface area contributed by atoms with Crippen LogP contribution in [0.2, 0.25) is 0 Å². The average molecular weight is 378 g/mol. The number of aryl methyl sites for hydroxylation is 1. The smallest absolute Gasteiger partial charge is 0.229 e. The van der Waals surface area contributed by atoms with E-state index >= 15 is 0 Å². The molecule has 6 heteroatoms. The van der Waals surface area contributed by atoms with Crippen molar-refractivity contribution in [1.82, 2.24) is 9.97 Å². The van der Waals surface area contributed by atoms with Gasteiger partial charge in [-0.1, -0.05) is 32.0 Å². The van der Waals surface area contributed by atoms with Crippen LogP contribution in [0.4, 0.5) is 23.1 Å². The summed E-state index contributed by atoms with van der Waals surface area (Å²) in [6, 6.07) is 15.7. The number of nitrogens with one attached hydrogen (secondary N) is 2. The highest BCUT2D eigenvalue weighted by Crippen LogP contribution is 2.32. The molecular formula is C22H26N4O2. The highest BCUT2D eigenvalue weighted by molar-refractivity contribution is 5.67. The van der Waals surface area contributed by atoms with Crippen molar-refractivity contribution in [3.63, 3.8) is 0 Å². The summed E-state index contributed by atoms with van der Waals surface area (Å²) in [5.41, 5.74) is 3.89. The third kappa shape index (κ3) is 4.52. The van der Waals surface area contributed by atoms with Gasteiger partial charge in [-0.25, -0.2) is 4.98 Å². The number of anilines is 4. The van der Waals surface area contributed by atoms with Crippen LogP contribution >= 0.6 is 0 Å². The molecule has 0 amide bonds. The van der Waals surface area contributed by atoms with Crippen molar-refractivity contribution >= 4 is 23.1 Å². The maximum absolute atomic E-state index is 5.46. The first-order valence-electron chi connectivity index (χ1n) is 9.21. The molecule has 3 rings (SSSR count). The maximum Gasteiger partial charge on any atom is 0.229 e. The third-order valence-electron chi connectivity index (χ3n) is 4.35. The molecule has 2 N–H and O–H groups in total. The molecule has 3 aromatic rings. The van der Waals surface area contributed by atoms with Crippen molar-refractivity contribution in [3.8, 4) is 11.5 Å². The first-order valence-corrected chi connectivity index (χ1v) is 9.21. The van der Waals surface area contributed by atoms with Crippen LogP contribution in [0.25, 0.3) is 0 Å². The van der Waals surface area contributed by atoms with E-state index < -0.39 is 0 Å². The van der Waals surface area contributed by atoms with Gasteiger partial charge in [0.05, 0.1) is 19.9 Å². The predicted molar refractivity (Wildman–Crippen MR) is 113 cm³/mol. The monoisotopic (exact) mass is 378 g/mol. The van der Waals surface area contributed by atoms with Crippen LogP contribution in [0.1, 0.15) is 31.0 Å². The van der Waals surface area contributed by atoms with E-state index in [9.17, 15) is 0 Å². The summed E-state index contributed by atoms with van der Waals surface area (Å²) >= 11 is 0. The Morgan fingerprint density at radius 3 is 2.36 bits per heavy atom. The van der Waals surface area contributed by atoms with Gasteiger partial charge in [-0.15, -0.1) is 0 Å². The molecule has 0 aliphatic carbocycles. The Labute approximate surface area is 166 Å². The van der Waals surface area contributed by atoms with Crippen LogP contribution in [0.5, 0.6) is 11.5 Å². The average Bonchev–Trinajstić information content (AvgIpc) is 2.68. The van der Waals surface area contributed by atoms with Gasteiger partial charge >= 0.3 is 0 Å². The number of para-hydroxylation sites is 1. The van der Waals surface area contributed by atoms with Crippen LogP contribution in [0.3, 0.4) is 0 Å². The fourth-order valence-corrected chi connectivity index (χ4v) is 2.96. The second-order valence-corrected chi connectivity index (χ2v) is 6.78. The molecule has 0 atom stereocenters. The van der Waals surface area contributed by atoms with Crippen LogP contribution < -0.4 is 20.1 Å².